The van der Waals surface area contributed by atoms with Crippen molar-refractivity contribution in [2.75, 3.05) is 26.7 Å². The largest absolute Gasteiger partial charge is 0.496 e. The fourth-order valence-corrected chi connectivity index (χ4v) is 3.40. The Hall–Kier alpha value is -1.85. The van der Waals surface area contributed by atoms with Gasteiger partial charge in [0.2, 0.25) is 5.89 Å². The van der Waals surface area contributed by atoms with Crippen LogP contribution in [0.5, 0.6) is 5.75 Å². The smallest absolute Gasteiger partial charge is 0.226 e. The van der Waals surface area contributed by atoms with Crippen molar-refractivity contribution >= 4 is 0 Å². The molecule has 0 spiro atoms. The predicted molar refractivity (Wildman–Crippen MR) is 95.1 cm³/mol. The van der Waals surface area contributed by atoms with Crippen LogP contribution in [0.4, 0.5) is 0 Å². The molecular weight excluding hydrogens is 302 g/mol. The van der Waals surface area contributed by atoms with Crippen LogP contribution in [0.3, 0.4) is 0 Å². The number of nitrogens with zero attached hydrogens (tertiary/aromatic N) is 2. The summed E-state index contributed by atoms with van der Waals surface area (Å²) < 4.78 is 11.4. The van der Waals surface area contributed by atoms with Crippen molar-refractivity contribution in [2.45, 2.75) is 33.7 Å². The van der Waals surface area contributed by atoms with Gasteiger partial charge < -0.3 is 14.9 Å². The van der Waals surface area contributed by atoms with Crippen molar-refractivity contribution < 1.29 is 9.15 Å². The van der Waals surface area contributed by atoms with Gasteiger partial charge in [0.1, 0.15) is 11.5 Å². The van der Waals surface area contributed by atoms with Gasteiger partial charge in [-0.3, -0.25) is 4.90 Å². The molecule has 2 N–H and O–H groups in total. The maximum atomic E-state index is 5.97. The minimum Gasteiger partial charge on any atom is -0.496 e. The fraction of sp³-hybridized carbons (Fsp3) is 0.526. The van der Waals surface area contributed by atoms with E-state index in [1.807, 2.05) is 19.1 Å². The molecule has 0 saturated carbocycles. The summed E-state index contributed by atoms with van der Waals surface area (Å²) in [5.41, 5.74) is 10.1. The molecule has 3 rings (SSSR count). The van der Waals surface area contributed by atoms with E-state index in [9.17, 15) is 0 Å². The molecule has 24 heavy (non-hydrogen) atoms. The number of hydrogen-bond donors (Lipinski definition) is 1. The van der Waals surface area contributed by atoms with Crippen molar-refractivity contribution in [1.29, 1.82) is 0 Å². The number of aromatic nitrogens is 1. The Labute approximate surface area is 143 Å². The van der Waals surface area contributed by atoms with E-state index in [4.69, 9.17) is 19.9 Å². The van der Waals surface area contributed by atoms with E-state index in [2.05, 4.69) is 18.7 Å². The van der Waals surface area contributed by atoms with Gasteiger partial charge in [-0.25, -0.2) is 4.98 Å². The molecule has 1 saturated heterocycles. The zero-order valence-corrected chi connectivity index (χ0v) is 15.1. The standard InChI is InChI=1S/C19H27N3O2/c1-12-13(2)18(23-4)6-5-16(12)19-21-17(14(3)24-19)11-22-8-7-15(9-20)10-22/h5-6,15H,7-11,20H2,1-4H3/t15-/m0/s1. The summed E-state index contributed by atoms with van der Waals surface area (Å²) in [6.07, 6.45) is 1.18. The van der Waals surface area contributed by atoms with Crippen molar-refractivity contribution in [2.24, 2.45) is 11.7 Å². The highest BCUT2D eigenvalue weighted by Gasteiger charge is 2.23. The Kier molecular flexibility index (Phi) is 4.92. The molecule has 1 atom stereocenters. The lowest BCUT2D eigenvalue weighted by Crippen LogP contribution is -2.23. The normalized spacial score (nSPS) is 18.3. The number of nitrogens with two attached hydrogens (primary N) is 1. The van der Waals surface area contributed by atoms with Gasteiger partial charge in [0, 0.05) is 18.7 Å². The molecule has 1 aromatic heterocycles. The number of aryl methyl sites for hydroxylation is 1. The van der Waals surface area contributed by atoms with E-state index < -0.39 is 0 Å². The average Bonchev–Trinajstić information content (AvgIpc) is 3.17. The van der Waals surface area contributed by atoms with Gasteiger partial charge in [-0.2, -0.15) is 0 Å². The highest BCUT2D eigenvalue weighted by Crippen LogP contribution is 2.32. The van der Waals surface area contributed by atoms with Crippen LogP contribution in [0.25, 0.3) is 11.5 Å². The molecule has 130 valence electrons. The third-order valence-corrected chi connectivity index (χ3v) is 5.16. The molecule has 0 unspecified atom stereocenters. The lowest BCUT2D eigenvalue weighted by molar-refractivity contribution is 0.312. The molecule has 2 aromatic rings. The lowest BCUT2D eigenvalue weighted by atomic mass is 10.0. The molecular formula is C19H27N3O2. The highest BCUT2D eigenvalue weighted by atomic mass is 16.5. The SMILES string of the molecule is COc1ccc(-c2nc(CN3CC[C@@H](CN)C3)c(C)o2)c(C)c1C. The van der Waals surface area contributed by atoms with Crippen LogP contribution in [0.2, 0.25) is 0 Å². The van der Waals surface area contributed by atoms with Gasteiger partial charge in [-0.05, 0) is 69.5 Å². The molecule has 0 aliphatic carbocycles. The number of rotatable bonds is 5. The summed E-state index contributed by atoms with van der Waals surface area (Å²) in [5, 5.41) is 0. The van der Waals surface area contributed by atoms with Gasteiger partial charge >= 0.3 is 0 Å². The number of likely N-dealkylation sites (tertiary alicyclic amines) is 1. The topological polar surface area (TPSA) is 64.5 Å². The van der Waals surface area contributed by atoms with E-state index >= 15 is 0 Å². The second kappa shape index (κ2) is 6.95. The Morgan fingerprint density at radius 2 is 2.08 bits per heavy atom. The predicted octanol–water partition coefficient (Wildman–Crippen LogP) is 3.06. The van der Waals surface area contributed by atoms with Crippen LogP contribution < -0.4 is 10.5 Å². The van der Waals surface area contributed by atoms with Gasteiger partial charge in [0.25, 0.3) is 0 Å². The molecule has 0 amide bonds. The lowest BCUT2D eigenvalue weighted by Gasteiger charge is -2.13. The molecule has 5 nitrogen and oxygen atoms in total. The number of methoxy groups -OCH3 is 1. The molecule has 5 heteroatoms. The van der Waals surface area contributed by atoms with Crippen molar-refractivity contribution in [3.8, 4) is 17.2 Å². The molecule has 0 bridgehead atoms. The van der Waals surface area contributed by atoms with E-state index in [-0.39, 0.29) is 0 Å². The summed E-state index contributed by atoms with van der Waals surface area (Å²) >= 11 is 0. The second-order valence-corrected chi connectivity index (χ2v) is 6.71. The maximum absolute atomic E-state index is 5.97. The third-order valence-electron chi connectivity index (χ3n) is 5.16. The molecule has 1 fully saturated rings. The zero-order chi connectivity index (χ0) is 17.3. The first-order chi connectivity index (χ1) is 11.5. The van der Waals surface area contributed by atoms with Crippen LogP contribution >= 0.6 is 0 Å². The molecule has 1 aliphatic heterocycles. The van der Waals surface area contributed by atoms with Crippen LogP contribution in [-0.4, -0.2) is 36.6 Å². The van der Waals surface area contributed by atoms with E-state index in [1.165, 1.54) is 6.42 Å². The third kappa shape index (κ3) is 3.19. The highest BCUT2D eigenvalue weighted by molar-refractivity contribution is 5.63. The van der Waals surface area contributed by atoms with E-state index in [1.54, 1.807) is 7.11 Å². The minimum absolute atomic E-state index is 0.614. The number of hydrogen-bond acceptors (Lipinski definition) is 5. The van der Waals surface area contributed by atoms with Gasteiger partial charge in [0.15, 0.2) is 0 Å². The van der Waals surface area contributed by atoms with Gasteiger partial charge in [-0.15, -0.1) is 0 Å². The number of ether oxygens (including phenoxy) is 1. The average molecular weight is 329 g/mol. The second-order valence-electron chi connectivity index (χ2n) is 6.71. The Morgan fingerprint density at radius 3 is 2.75 bits per heavy atom. The molecule has 1 aliphatic rings. The zero-order valence-electron chi connectivity index (χ0n) is 15.1. The summed E-state index contributed by atoms with van der Waals surface area (Å²) in [6, 6.07) is 4.00. The Bertz CT molecular complexity index is 724. The monoisotopic (exact) mass is 329 g/mol. The van der Waals surface area contributed by atoms with Crippen molar-refractivity contribution in [1.82, 2.24) is 9.88 Å². The summed E-state index contributed by atoms with van der Waals surface area (Å²) in [6.45, 7) is 9.88. The summed E-state index contributed by atoms with van der Waals surface area (Å²) in [4.78, 5) is 7.19. The van der Waals surface area contributed by atoms with Gasteiger partial charge in [-0.1, -0.05) is 0 Å². The van der Waals surface area contributed by atoms with Gasteiger partial charge in [0.05, 0.1) is 12.8 Å². The van der Waals surface area contributed by atoms with Crippen LogP contribution in [-0.2, 0) is 6.54 Å². The first-order valence-electron chi connectivity index (χ1n) is 8.56. The minimum atomic E-state index is 0.614. The van der Waals surface area contributed by atoms with Crippen molar-refractivity contribution in [3.63, 3.8) is 0 Å². The Balaban J connectivity index is 1.83. The number of oxazole rings is 1. The van der Waals surface area contributed by atoms with E-state index in [0.29, 0.717) is 11.8 Å². The number of benzene rings is 1. The quantitative estimate of drug-likeness (QED) is 0.913. The molecule has 2 heterocycles. The summed E-state index contributed by atoms with van der Waals surface area (Å²) in [7, 11) is 1.69. The van der Waals surface area contributed by atoms with Crippen LogP contribution in [0.1, 0.15) is 29.0 Å². The van der Waals surface area contributed by atoms with E-state index in [0.717, 1.165) is 60.1 Å². The maximum Gasteiger partial charge on any atom is 0.226 e. The first kappa shape index (κ1) is 17.0. The fourth-order valence-electron chi connectivity index (χ4n) is 3.40. The first-order valence-corrected chi connectivity index (χ1v) is 8.56. The van der Waals surface area contributed by atoms with Crippen LogP contribution in [0.15, 0.2) is 16.5 Å². The molecule has 1 aromatic carbocycles. The Morgan fingerprint density at radius 1 is 1.29 bits per heavy atom. The van der Waals surface area contributed by atoms with Crippen LogP contribution in [0, 0.1) is 26.7 Å². The molecule has 0 radical (unpaired) electrons. The van der Waals surface area contributed by atoms with Crippen molar-refractivity contribution in [3.05, 3.63) is 34.7 Å². The summed E-state index contributed by atoms with van der Waals surface area (Å²) in [5.74, 6) is 3.10.